The Hall–Kier alpha value is -0.800. The SMILES string of the molecule is CC/C(=C\NN)c1cccs1. The van der Waals surface area contributed by atoms with Crippen LogP contribution in [0.25, 0.3) is 5.57 Å². The second-order valence-electron chi connectivity index (χ2n) is 2.17. The Morgan fingerprint density at radius 3 is 3.09 bits per heavy atom. The summed E-state index contributed by atoms with van der Waals surface area (Å²) in [6, 6.07) is 4.14. The van der Waals surface area contributed by atoms with Crippen molar-refractivity contribution in [1.29, 1.82) is 0 Å². The minimum absolute atomic E-state index is 1.00. The highest BCUT2D eigenvalue weighted by Gasteiger charge is 1.97. The van der Waals surface area contributed by atoms with Crippen LogP contribution in [0.15, 0.2) is 23.7 Å². The van der Waals surface area contributed by atoms with Gasteiger partial charge in [-0.1, -0.05) is 13.0 Å². The van der Waals surface area contributed by atoms with Crippen molar-refractivity contribution >= 4 is 16.9 Å². The molecule has 0 unspecified atom stereocenters. The quantitative estimate of drug-likeness (QED) is 0.535. The molecule has 0 aromatic carbocycles. The highest BCUT2D eigenvalue weighted by Crippen LogP contribution is 2.21. The first-order valence-electron chi connectivity index (χ1n) is 3.57. The predicted molar refractivity (Wildman–Crippen MR) is 49.9 cm³/mol. The summed E-state index contributed by atoms with van der Waals surface area (Å²) in [6.45, 7) is 2.11. The van der Waals surface area contributed by atoms with Crippen LogP contribution in [0.1, 0.15) is 18.2 Å². The Labute approximate surface area is 70.7 Å². The molecule has 0 radical (unpaired) electrons. The normalized spacial score (nSPS) is 11.6. The third kappa shape index (κ3) is 2.06. The van der Waals surface area contributed by atoms with E-state index >= 15 is 0 Å². The van der Waals surface area contributed by atoms with Gasteiger partial charge in [-0.05, 0) is 23.4 Å². The van der Waals surface area contributed by atoms with E-state index in [0.29, 0.717) is 0 Å². The van der Waals surface area contributed by atoms with Crippen LogP contribution in [0, 0.1) is 0 Å². The molecular weight excluding hydrogens is 156 g/mol. The fourth-order valence-corrected chi connectivity index (χ4v) is 1.72. The summed E-state index contributed by atoms with van der Waals surface area (Å²) in [5.74, 6) is 5.19. The fourth-order valence-electron chi connectivity index (χ4n) is 0.909. The smallest absolute Gasteiger partial charge is 0.0317 e. The van der Waals surface area contributed by atoms with Gasteiger partial charge in [0.1, 0.15) is 0 Å². The molecule has 1 aromatic rings. The molecule has 1 rings (SSSR count). The molecule has 60 valence electrons. The standard InChI is InChI=1S/C8H12N2S/c1-2-7(6-10-9)8-4-3-5-11-8/h3-6,10H,2,9H2,1H3/b7-6+. The second-order valence-corrected chi connectivity index (χ2v) is 3.11. The largest absolute Gasteiger partial charge is 0.331 e. The molecule has 0 aliphatic rings. The average molecular weight is 168 g/mol. The lowest BCUT2D eigenvalue weighted by Crippen LogP contribution is -2.13. The first kappa shape index (κ1) is 8.30. The predicted octanol–water partition coefficient (Wildman–Crippen LogP) is 1.96. The third-order valence-electron chi connectivity index (χ3n) is 1.48. The summed E-state index contributed by atoms with van der Waals surface area (Å²) >= 11 is 1.73. The molecule has 1 aromatic heterocycles. The van der Waals surface area contributed by atoms with Crippen molar-refractivity contribution in [2.45, 2.75) is 13.3 Å². The Morgan fingerprint density at radius 1 is 1.82 bits per heavy atom. The van der Waals surface area contributed by atoms with Gasteiger partial charge in [-0.15, -0.1) is 11.3 Å². The zero-order valence-electron chi connectivity index (χ0n) is 6.50. The summed E-state index contributed by atoms with van der Waals surface area (Å²) < 4.78 is 0. The van der Waals surface area contributed by atoms with Gasteiger partial charge in [-0.3, -0.25) is 5.84 Å². The van der Waals surface area contributed by atoms with Gasteiger partial charge < -0.3 is 5.43 Å². The number of rotatable bonds is 3. The molecule has 0 spiro atoms. The van der Waals surface area contributed by atoms with Gasteiger partial charge in [-0.2, -0.15) is 0 Å². The molecule has 2 nitrogen and oxygen atoms in total. The van der Waals surface area contributed by atoms with Crippen molar-refractivity contribution in [1.82, 2.24) is 5.43 Å². The van der Waals surface area contributed by atoms with Gasteiger partial charge in [0.25, 0.3) is 0 Å². The van der Waals surface area contributed by atoms with Crippen molar-refractivity contribution in [3.05, 3.63) is 28.6 Å². The molecule has 0 atom stereocenters. The van der Waals surface area contributed by atoms with Crippen LogP contribution in [0.2, 0.25) is 0 Å². The van der Waals surface area contributed by atoms with Crippen LogP contribution in [0.5, 0.6) is 0 Å². The van der Waals surface area contributed by atoms with Crippen LogP contribution >= 0.6 is 11.3 Å². The Bertz CT molecular complexity index is 226. The molecule has 0 amide bonds. The van der Waals surface area contributed by atoms with Gasteiger partial charge in [0, 0.05) is 11.1 Å². The topological polar surface area (TPSA) is 38.0 Å². The fraction of sp³-hybridized carbons (Fsp3) is 0.250. The lowest BCUT2D eigenvalue weighted by atomic mass is 10.2. The molecular formula is C8H12N2S. The number of hydrazine groups is 1. The van der Waals surface area contributed by atoms with E-state index in [1.807, 2.05) is 12.3 Å². The zero-order valence-corrected chi connectivity index (χ0v) is 7.32. The van der Waals surface area contributed by atoms with Crippen LogP contribution in [-0.2, 0) is 0 Å². The van der Waals surface area contributed by atoms with Crippen molar-refractivity contribution < 1.29 is 0 Å². The number of nitrogens with one attached hydrogen (secondary N) is 1. The second kappa shape index (κ2) is 4.16. The van der Waals surface area contributed by atoms with E-state index in [9.17, 15) is 0 Å². The van der Waals surface area contributed by atoms with E-state index in [4.69, 9.17) is 5.84 Å². The van der Waals surface area contributed by atoms with Crippen LogP contribution < -0.4 is 11.3 Å². The van der Waals surface area contributed by atoms with E-state index < -0.39 is 0 Å². The summed E-state index contributed by atoms with van der Waals surface area (Å²) in [7, 11) is 0. The van der Waals surface area contributed by atoms with Crippen molar-refractivity contribution in [2.24, 2.45) is 5.84 Å². The highest BCUT2D eigenvalue weighted by atomic mass is 32.1. The molecule has 11 heavy (non-hydrogen) atoms. The summed E-state index contributed by atoms with van der Waals surface area (Å²) in [6.07, 6.45) is 2.84. The molecule has 0 aliphatic carbocycles. The molecule has 0 saturated heterocycles. The Morgan fingerprint density at radius 2 is 2.64 bits per heavy atom. The molecule has 0 saturated carbocycles. The lowest BCUT2D eigenvalue weighted by molar-refractivity contribution is 0.963. The van der Waals surface area contributed by atoms with E-state index in [1.165, 1.54) is 10.5 Å². The molecule has 1 heterocycles. The molecule has 3 heteroatoms. The van der Waals surface area contributed by atoms with E-state index in [2.05, 4.69) is 23.8 Å². The van der Waals surface area contributed by atoms with Crippen LogP contribution in [-0.4, -0.2) is 0 Å². The number of hydrogen-bond donors (Lipinski definition) is 2. The van der Waals surface area contributed by atoms with E-state index in [-0.39, 0.29) is 0 Å². The highest BCUT2D eigenvalue weighted by molar-refractivity contribution is 7.11. The maximum absolute atomic E-state index is 5.19. The molecule has 0 aliphatic heterocycles. The van der Waals surface area contributed by atoms with E-state index in [1.54, 1.807) is 11.3 Å². The average Bonchev–Trinajstić information content (AvgIpc) is 2.52. The Balaban J connectivity index is 2.79. The number of thiophene rings is 1. The van der Waals surface area contributed by atoms with Gasteiger partial charge in [-0.25, -0.2) is 0 Å². The minimum atomic E-state index is 1.00. The van der Waals surface area contributed by atoms with Crippen LogP contribution in [0.3, 0.4) is 0 Å². The minimum Gasteiger partial charge on any atom is -0.331 e. The zero-order chi connectivity index (χ0) is 8.10. The molecule has 3 N–H and O–H groups in total. The van der Waals surface area contributed by atoms with Crippen LogP contribution in [0.4, 0.5) is 0 Å². The van der Waals surface area contributed by atoms with Gasteiger partial charge >= 0.3 is 0 Å². The maximum atomic E-state index is 5.19. The van der Waals surface area contributed by atoms with Gasteiger partial charge in [0.15, 0.2) is 0 Å². The van der Waals surface area contributed by atoms with Gasteiger partial charge in [0.2, 0.25) is 0 Å². The van der Waals surface area contributed by atoms with E-state index in [0.717, 1.165) is 6.42 Å². The number of nitrogens with two attached hydrogens (primary N) is 1. The Kier molecular flexibility index (Phi) is 3.14. The first-order valence-corrected chi connectivity index (χ1v) is 4.45. The molecule has 0 fully saturated rings. The lowest BCUT2D eigenvalue weighted by Gasteiger charge is -1.99. The number of hydrogen-bond acceptors (Lipinski definition) is 3. The third-order valence-corrected chi connectivity index (χ3v) is 2.42. The summed E-state index contributed by atoms with van der Waals surface area (Å²) in [4.78, 5) is 1.28. The maximum Gasteiger partial charge on any atom is 0.0317 e. The van der Waals surface area contributed by atoms with Crippen molar-refractivity contribution in [3.63, 3.8) is 0 Å². The first-order chi connectivity index (χ1) is 5.38. The number of allylic oxidation sites excluding steroid dienone is 1. The van der Waals surface area contributed by atoms with Crippen molar-refractivity contribution in [2.75, 3.05) is 0 Å². The monoisotopic (exact) mass is 168 g/mol. The van der Waals surface area contributed by atoms with Gasteiger partial charge in [0.05, 0.1) is 0 Å². The summed E-state index contributed by atoms with van der Waals surface area (Å²) in [5.41, 5.74) is 3.80. The van der Waals surface area contributed by atoms with Crippen molar-refractivity contribution in [3.8, 4) is 0 Å². The summed E-state index contributed by atoms with van der Waals surface area (Å²) in [5, 5.41) is 2.06. The molecule has 0 bridgehead atoms.